The molecule has 1 atom stereocenters. The Balaban J connectivity index is 2.65. The standard InChI is InChI=1S/C7H12N2O2S/c1-5-3-9(7(10)11)4-6(8-5)12-2/h5H,3-4H2,1-2H3,(H,10,11). The summed E-state index contributed by atoms with van der Waals surface area (Å²) < 4.78 is 0. The predicted molar refractivity (Wildman–Crippen MR) is 50.0 cm³/mol. The van der Waals surface area contributed by atoms with Gasteiger partial charge in [0.25, 0.3) is 0 Å². The quantitative estimate of drug-likeness (QED) is 0.620. The fraction of sp³-hybridized carbons (Fsp3) is 0.714. The van der Waals surface area contributed by atoms with E-state index >= 15 is 0 Å². The van der Waals surface area contributed by atoms with Crippen molar-refractivity contribution in [1.82, 2.24) is 4.90 Å². The van der Waals surface area contributed by atoms with Crippen LogP contribution in [0, 0.1) is 0 Å². The minimum absolute atomic E-state index is 0.0947. The summed E-state index contributed by atoms with van der Waals surface area (Å²) >= 11 is 1.52. The second-order valence-electron chi connectivity index (χ2n) is 2.74. The second-order valence-corrected chi connectivity index (χ2v) is 3.62. The highest BCUT2D eigenvalue weighted by atomic mass is 32.2. The van der Waals surface area contributed by atoms with Gasteiger partial charge < -0.3 is 5.11 Å². The minimum Gasteiger partial charge on any atom is -0.465 e. The number of carbonyl (C=O) groups is 1. The van der Waals surface area contributed by atoms with Crippen molar-refractivity contribution < 1.29 is 9.90 Å². The summed E-state index contributed by atoms with van der Waals surface area (Å²) in [7, 11) is 0. The Morgan fingerprint density at radius 3 is 3.00 bits per heavy atom. The minimum atomic E-state index is -0.858. The molecule has 4 nitrogen and oxygen atoms in total. The second kappa shape index (κ2) is 3.80. The zero-order valence-corrected chi connectivity index (χ0v) is 7.97. The Kier molecular flexibility index (Phi) is 2.97. The molecule has 0 aliphatic carbocycles. The van der Waals surface area contributed by atoms with Gasteiger partial charge in [0, 0.05) is 6.54 Å². The lowest BCUT2D eigenvalue weighted by Gasteiger charge is -2.26. The topological polar surface area (TPSA) is 52.9 Å². The van der Waals surface area contributed by atoms with Crippen LogP contribution in [-0.4, -0.2) is 46.5 Å². The van der Waals surface area contributed by atoms with E-state index < -0.39 is 6.09 Å². The molecule has 1 N–H and O–H groups in total. The lowest BCUT2D eigenvalue weighted by atomic mass is 10.3. The molecule has 1 amide bonds. The van der Waals surface area contributed by atoms with Gasteiger partial charge in [0.15, 0.2) is 0 Å². The summed E-state index contributed by atoms with van der Waals surface area (Å²) in [5.74, 6) is 0. The van der Waals surface area contributed by atoms with Crippen LogP contribution in [-0.2, 0) is 0 Å². The van der Waals surface area contributed by atoms with E-state index in [4.69, 9.17) is 5.11 Å². The van der Waals surface area contributed by atoms with Crippen molar-refractivity contribution >= 4 is 22.9 Å². The van der Waals surface area contributed by atoms with Gasteiger partial charge in [-0.3, -0.25) is 9.89 Å². The highest BCUT2D eigenvalue weighted by molar-refractivity contribution is 8.13. The third-order valence-corrected chi connectivity index (χ3v) is 2.39. The lowest BCUT2D eigenvalue weighted by Crippen LogP contribution is -2.42. The highest BCUT2D eigenvalue weighted by Gasteiger charge is 2.21. The molecule has 5 heteroatoms. The molecule has 12 heavy (non-hydrogen) atoms. The largest absolute Gasteiger partial charge is 0.465 e. The first-order valence-corrected chi connectivity index (χ1v) is 4.94. The van der Waals surface area contributed by atoms with Crippen molar-refractivity contribution in [3.05, 3.63) is 0 Å². The van der Waals surface area contributed by atoms with Crippen molar-refractivity contribution in [1.29, 1.82) is 0 Å². The third-order valence-electron chi connectivity index (χ3n) is 1.68. The number of aliphatic imine (C=N–C) groups is 1. The van der Waals surface area contributed by atoms with Crippen LogP contribution in [0.4, 0.5) is 4.79 Å². The smallest absolute Gasteiger partial charge is 0.407 e. The SMILES string of the molecule is CSC1=NC(C)CN(C(=O)O)C1. The molecule has 0 spiro atoms. The molecule has 1 rings (SSSR count). The van der Waals surface area contributed by atoms with Crippen LogP contribution < -0.4 is 0 Å². The fourth-order valence-corrected chi connectivity index (χ4v) is 1.71. The van der Waals surface area contributed by atoms with Crippen LogP contribution in [0.25, 0.3) is 0 Å². The average molecular weight is 188 g/mol. The summed E-state index contributed by atoms with van der Waals surface area (Å²) in [5, 5.41) is 9.63. The zero-order valence-electron chi connectivity index (χ0n) is 7.15. The molecule has 1 heterocycles. The molecule has 1 unspecified atom stereocenters. The predicted octanol–water partition coefficient (Wildman–Crippen LogP) is 1.13. The van der Waals surface area contributed by atoms with E-state index in [1.807, 2.05) is 13.2 Å². The van der Waals surface area contributed by atoms with Crippen LogP contribution in [0.3, 0.4) is 0 Å². The van der Waals surface area contributed by atoms with Crippen LogP contribution in [0.2, 0.25) is 0 Å². The molecule has 0 fully saturated rings. The first kappa shape index (κ1) is 9.38. The van der Waals surface area contributed by atoms with Crippen LogP contribution in [0.15, 0.2) is 4.99 Å². The molecular weight excluding hydrogens is 176 g/mol. The van der Waals surface area contributed by atoms with Gasteiger partial charge in [0.2, 0.25) is 0 Å². The molecule has 1 aliphatic heterocycles. The fourth-order valence-electron chi connectivity index (χ4n) is 1.14. The first-order valence-electron chi connectivity index (χ1n) is 3.72. The number of rotatable bonds is 0. The lowest BCUT2D eigenvalue weighted by molar-refractivity contribution is 0.148. The highest BCUT2D eigenvalue weighted by Crippen LogP contribution is 2.11. The van der Waals surface area contributed by atoms with Crippen molar-refractivity contribution in [3.63, 3.8) is 0 Å². The Hall–Kier alpha value is -0.710. The molecule has 0 aromatic carbocycles. The summed E-state index contributed by atoms with van der Waals surface area (Å²) in [4.78, 5) is 16.3. The third kappa shape index (κ3) is 2.14. The van der Waals surface area contributed by atoms with Crippen molar-refractivity contribution in [3.8, 4) is 0 Å². The Labute approximate surface area is 75.7 Å². The maximum Gasteiger partial charge on any atom is 0.407 e. The van der Waals surface area contributed by atoms with E-state index in [0.717, 1.165) is 5.04 Å². The molecule has 0 saturated carbocycles. The molecule has 68 valence electrons. The number of amides is 1. The summed E-state index contributed by atoms with van der Waals surface area (Å²) in [6.07, 6.45) is 1.06. The Bertz CT molecular complexity index is 217. The van der Waals surface area contributed by atoms with Crippen molar-refractivity contribution in [2.24, 2.45) is 4.99 Å². The maximum absolute atomic E-state index is 10.6. The average Bonchev–Trinajstić information content (AvgIpc) is 2.03. The summed E-state index contributed by atoms with van der Waals surface area (Å²) in [6.45, 7) is 2.88. The molecule has 0 bridgehead atoms. The van der Waals surface area contributed by atoms with Crippen LogP contribution in [0.1, 0.15) is 6.92 Å². The normalized spacial score (nSPS) is 23.7. The first-order chi connectivity index (χ1) is 5.63. The monoisotopic (exact) mass is 188 g/mol. The number of thioether (sulfide) groups is 1. The molecule has 0 aromatic rings. The van der Waals surface area contributed by atoms with Gasteiger partial charge >= 0.3 is 6.09 Å². The van der Waals surface area contributed by atoms with E-state index in [-0.39, 0.29) is 6.04 Å². The maximum atomic E-state index is 10.6. The summed E-state index contributed by atoms with van der Waals surface area (Å²) in [6, 6.07) is 0.0947. The number of nitrogens with zero attached hydrogens (tertiary/aromatic N) is 2. The van der Waals surface area contributed by atoms with Gasteiger partial charge in [0.1, 0.15) is 0 Å². The number of carboxylic acid groups (broad SMARTS) is 1. The van der Waals surface area contributed by atoms with Gasteiger partial charge in [-0.05, 0) is 13.2 Å². The van der Waals surface area contributed by atoms with E-state index in [9.17, 15) is 4.79 Å². The van der Waals surface area contributed by atoms with E-state index in [1.165, 1.54) is 16.7 Å². The Morgan fingerprint density at radius 1 is 1.83 bits per heavy atom. The van der Waals surface area contributed by atoms with Crippen molar-refractivity contribution in [2.45, 2.75) is 13.0 Å². The zero-order chi connectivity index (χ0) is 9.14. The van der Waals surface area contributed by atoms with E-state index in [0.29, 0.717) is 13.1 Å². The molecule has 1 aliphatic rings. The molecule has 0 aromatic heterocycles. The van der Waals surface area contributed by atoms with Gasteiger partial charge in [-0.1, -0.05) is 0 Å². The van der Waals surface area contributed by atoms with E-state index in [2.05, 4.69) is 4.99 Å². The van der Waals surface area contributed by atoms with Gasteiger partial charge in [-0.25, -0.2) is 4.79 Å². The van der Waals surface area contributed by atoms with Gasteiger partial charge in [-0.2, -0.15) is 0 Å². The molecule has 0 saturated heterocycles. The van der Waals surface area contributed by atoms with Crippen LogP contribution >= 0.6 is 11.8 Å². The molecular formula is C7H12N2O2S. The Morgan fingerprint density at radius 2 is 2.50 bits per heavy atom. The number of hydrogen-bond acceptors (Lipinski definition) is 3. The van der Waals surface area contributed by atoms with Gasteiger partial charge in [-0.15, -0.1) is 11.8 Å². The van der Waals surface area contributed by atoms with Crippen LogP contribution in [0.5, 0.6) is 0 Å². The van der Waals surface area contributed by atoms with E-state index in [1.54, 1.807) is 0 Å². The molecule has 0 radical (unpaired) electrons. The van der Waals surface area contributed by atoms with Gasteiger partial charge in [0.05, 0.1) is 17.6 Å². The number of hydrogen-bond donors (Lipinski definition) is 1. The van der Waals surface area contributed by atoms with Crippen molar-refractivity contribution in [2.75, 3.05) is 19.3 Å². The summed E-state index contributed by atoms with van der Waals surface area (Å²) in [5.41, 5.74) is 0.